The zero-order valence-electron chi connectivity index (χ0n) is 11.3. The average molecular weight is 263 g/mol. The first-order chi connectivity index (χ1) is 7.38. The Labute approximate surface area is 103 Å². The maximum absolute atomic E-state index is 4.59. The van der Waals surface area contributed by atoms with E-state index < -0.39 is 0 Å². The summed E-state index contributed by atoms with van der Waals surface area (Å²) in [5, 5.41) is 0.0700. The topological polar surface area (TPSA) is 22.1 Å². The maximum Gasteiger partial charge on any atom is 0.271 e. The predicted octanol–water partition coefficient (Wildman–Crippen LogP) is 1.55. The molecule has 0 aromatic rings. The van der Waals surface area contributed by atoms with Crippen LogP contribution in [0.5, 0.6) is 0 Å². The minimum atomic E-state index is -0.343. The molecule has 0 radical (unpaired) electrons. The molecule has 0 amide bonds. The van der Waals surface area contributed by atoms with Crippen LogP contribution in [0.1, 0.15) is 6.42 Å². The van der Waals surface area contributed by atoms with Crippen LogP contribution >= 0.6 is 17.1 Å². The second kappa shape index (κ2) is 5.37. The van der Waals surface area contributed by atoms with Gasteiger partial charge in [0.1, 0.15) is 6.16 Å². The fraction of sp³-hybridized carbons (Fsp3) is 1.00. The van der Waals surface area contributed by atoms with Crippen molar-refractivity contribution in [3.8, 4) is 0 Å². The van der Waals surface area contributed by atoms with Crippen LogP contribution in [0.3, 0.4) is 0 Å². The quantitative estimate of drug-likeness (QED) is 0.570. The minimum Gasteiger partial charge on any atom is -0.299 e. The highest BCUT2D eigenvalue weighted by Crippen LogP contribution is 2.55. The fourth-order valence-electron chi connectivity index (χ4n) is 2.98. The molecule has 0 spiro atoms. The SMILES string of the molecule is CN(C)C1CC[P+](=NP)C1(N(C)C)N(C)C. The standard InChI is InChI=1S/C10H25N4P2/c1-12(2)9-7-8-16(11-15)10(9,13(3)4)14(5)6/h9H,7-8,15H2,1-6H3/q+1. The third kappa shape index (κ3) is 2.07. The first kappa shape index (κ1) is 14.5. The molecule has 0 aromatic heterocycles. The summed E-state index contributed by atoms with van der Waals surface area (Å²) in [6, 6.07) is 0.549. The third-order valence-corrected chi connectivity index (χ3v) is 7.18. The van der Waals surface area contributed by atoms with Gasteiger partial charge in [0.15, 0.2) is 0 Å². The molecule has 1 rings (SSSR count). The Bertz CT molecular complexity index is 268. The first-order valence-electron chi connectivity index (χ1n) is 5.58. The van der Waals surface area contributed by atoms with Crippen molar-refractivity contribution < 1.29 is 0 Å². The molecule has 1 heterocycles. The van der Waals surface area contributed by atoms with Crippen molar-refractivity contribution in [1.82, 2.24) is 14.7 Å². The summed E-state index contributed by atoms with van der Waals surface area (Å²) in [6.07, 6.45) is 2.45. The molecule has 0 bridgehead atoms. The number of likely N-dealkylation sites (N-methyl/N-ethyl adjacent to an activating group) is 3. The average Bonchev–Trinajstić information content (AvgIpc) is 2.56. The Hall–Kier alpha value is 0.410. The molecular formula is C10H25N4P2+. The van der Waals surface area contributed by atoms with Crippen molar-refractivity contribution in [3.63, 3.8) is 0 Å². The number of nitrogens with zero attached hydrogens (tertiary/aromatic N) is 4. The Balaban J connectivity index is 3.25. The van der Waals surface area contributed by atoms with Crippen LogP contribution in [0, 0.1) is 0 Å². The zero-order chi connectivity index (χ0) is 12.5. The van der Waals surface area contributed by atoms with Crippen LogP contribution in [-0.4, -0.2) is 74.6 Å². The monoisotopic (exact) mass is 263 g/mol. The summed E-state index contributed by atoms with van der Waals surface area (Å²) in [6.45, 7) is 0. The second-order valence-electron chi connectivity index (χ2n) is 4.98. The third-order valence-electron chi connectivity index (χ3n) is 3.52. The lowest BCUT2D eigenvalue weighted by Gasteiger charge is -2.41. The van der Waals surface area contributed by atoms with Crippen molar-refractivity contribution in [1.29, 1.82) is 0 Å². The van der Waals surface area contributed by atoms with E-state index in [0.29, 0.717) is 6.04 Å². The molecule has 4 nitrogen and oxygen atoms in total. The van der Waals surface area contributed by atoms with E-state index in [9.17, 15) is 0 Å². The van der Waals surface area contributed by atoms with E-state index in [2.05, 4.69) is 70.9 Å². The Morgan fingerprint density at radius 3 is 1.94 bits per heavy atom. The van der Waals surface area contributed by atoms with Crippen LogP contribution in [0.15, 0.2) is 4.52 Å². The molecule has 0 aliphatic carbocycles. The van der Waals surface area contributed by atoms with E-state index in [4.69, 9.17) is 0 Å². The summed E-state index contributed by atoms with van der Waals surface area (Å²) in [5.41, 5.74) is 0. The highest BCUT2D eigenvalue weighted by molar-refractivity contribution is 7.53. The van der Waals surface area contributed by atoms with E-state index in [1.807, 2.05) is 0 Å². The summed E-state index contributed by atoms with van der Waals surface area (Å²) >= 11 is 0. The summed E-state index contributed by atoms with van der Waals surface area (Å²) < 4.78 is 4.59. The van der Waals surface area contributed by atoms with Gasteiger partial charge < -0.3 is 0 Å². The zero-order valence-corrected chi connectivity index (χ0v) is 13.4. The molecule has 1 saturated heterocycles. The Morgan fingerprint density at radius 1 is 1.12 bits per heavy atom. The Morgan fingerprint density at radius 2 is 1.62 bits per heavy atom. The molecule has 1 aliphatic heterocycles. The smallest absolute Gasteiger partial charge is 0.271 e. The van der Waals surface area contributed by atoms with Gasteiger partial charge in [-0.25, -0.2) is 0 Å². The largest absolute Gasteiger partial charge is 0.299 e. The minimum absolute atomic E-state index is 0.0700. The van der Waals surface area contributed by atoms with Crippen molar-refractivity contribution in [2.45, 2.75) is 17.9 Å². The molecule has 6 heteroatoms. The van der Waals surface area contributed by atoms with Gasteiger partial charge in [-0.05, 0) is 42.3 Å². The van der Waals surface area contributed by atoms with Crippen LogP contribution in [-0.2, 0) is 0 Å². The maximum atomic E-state index is 4.59. The van der Waals surface area contributed by atoms with Crippen LogP contribution in [0.2, 0.25) is 0 Å². The molecule has 94 valence electrons. The van der Waals surface area contributed by atoms with Gasteiger partial charge in [0, 0.05) is 15.8 Å². The van der Waals surface area contributed by atoms with E-state index >= 15 is 0 Å². The van der Waals surface area contributed by atoms with E-state index in [-0.39, 0.29) is 13.1 Å². The first-order valence-corrected chi connectivity index (χ1v) is 7.58. The number of hydrogen-bond acceptors (Lipinski definition) is 4. The predicted molar refractivity (Wildman–Crippen MR) is 76.1 cm³/mol. The van der Waals surface area contributed by atoms with Crippen molar-refractivity contribution >= 4 is 17.1 Å². The molecule has 1 fully saturated rings. The van der Waals surface area contributed by atoms with Gasteiger partial charge >= 0.3 is 0 Å². The van der Waals surface area contributed by atoms with Crippen LogP contribution in [0.4, 0.5) is 0 Å². The molecule has 1 aliphatic rings. The van der Waals surface area contributed by atoms with E-state index in [1.54, 1.807) is 0 Å². The van der Waals surface area contributed by atoms with Gasteiger partial charge in [0.25, 0.3) is 5.40 Å². The van der Waals surface area contributed by atoms with E-state index in [0.717, 1.165) is 0 Å². The van der Waals surface area contributed by atoms with Gasteiger partial charge in [0.05, 0.1) is 6.04 Å². The van der Waals surface area contributed by atoms with Crippen LogP contribution < -0.4 is 0 Å². The highest BCUT2D eigenvalue weighted by atomic mass is 31.1. The summed E-state index contributed by atoms with van der Waals surface area (Å²) in [4.78, 5) is 7.05. The summed E-state index contributed by atoms with van der Waals surface area (Å²) in [7, 11) is 15.3. The fourth-order valence-corrected chi connectivity index (χ4v) is 6.57. The van der Waals surface area contributed by atoms with Crippen LogP contribution in [0.25, 0.3) is 0 Å². The molecular weight excluding hydrogens is 238 g/mol. The molecule has 16 heavy (non-hydrogen) atoms. The van der Waals surface area contributed by atoms with Crippen molar-refractivity contribution in [2.24, 2.45) is 4.52 Å². The number of hydrogen-bond donors (Lipinski definition) is 0. The van der Waals surface area contributed by atoms with Gasteiger partial charge in [-0.3, -0.25) is 14.7 Å². The normalized spacial score (nSPS) is 27.6. The molecule has 3 atom stereocenters. The molecule has 0 aromatic carbocycles. The molecule has 0 saturated carbocycles. The van der Waals surface area contributed by atoms with Crippen molar-refractivity contribution in [2.75, 3.05) is 48.4 Å². The molecule has 0 N–H and O–H groups in total. The second-order valence-corrected chi connectivity index (χ2v) is 7.81. The number of rotatable bonds is 3. The van der Waals surface area contributed by atoms with E-state index in [1.165, 1.54) is 12.6 Å². The molecule has 3 unspecified atom stereocenters. The lowest BCUT2D eigenvalue weighted by molar-refractivity contribution is 0.0195. The highest BCUT2D eigenvalue weighted by Gasteiger charge is 2.62. The Kier molecular flexibility index (Phi) is 4.86. The lowest BCUT2D eigenvalue weighted by atomic mass is 10.1. The van der Waals surface area contributed by atoms with Gasteiger partial charge in [-0.15, -0.1) is 0 Å². The summed E-state index contributed by atoms with van der Waals surface area (Å²) in [5.74, 6) is 0. The van der Waals surface area contributed by atoms with Gasteiger partial charge in [-0.1, -0.05) is 4.52 Å². The lowest BCUT2D eigenvalue weighted by Crippen LogP contribution is -2.61. The van der Waals surface area contributed by atoms with Gasteiger partial charge in [-0.2, -0.15) is 0 Å². The van der Waals surface area contributed by atoms with Gasteiger partial charge in [0.2, 0.25) is 7.71 Å². The van der Waals surface area contributed by atoms with Crippen molar-refractivity contribution in [3.05, 3.63) is 0 Å².